The minimum Gasteiger partial charge on any atom is -0.466 e. The van der Waals surface area contributed by atoms with Crippen LogP contribution in [0.2, 0.25) is 0 Å². The van der Waals surface area contributed by atoms with Crippen molar-refractivity contribution in [1.29, 1.82) is 0 Å². The first kappa shape index (κ1) is 15.7. The smallest absolute Gasteiger partial charge is 0.307 e. The third kappa shape index (κ3) is 6.97. The van der Waals surface area contributed by atoms with Crippen LogP contribution in [-0.2, 0) is 16.0 Å². The van der Waals surface area contributed by atoms with Gasteiger partial charge in [0.05, 0.1) is 13.0 Å². The third-order valence-electron chi connectivity index (χ3n) is 3.03. The predicted octanol–water partition coefficient (Wildman–Crippen LogP) is 2.94. The average molecular weight is 263 g/mol. The Morgan fingerprint density at radius 2 is 2.00 bits per heavy atom. The molecule has 0 aromatic heterocycles. The number of carbonyl (C=O) groups excluding carboxylic acids is 1. The molecule has 1 aromatic carbocycles. The van der Waals surface area contributed by atoms with Crippen molar-refractivity contribution in [1.82, 2.24) is 5.32 Å². The van der Waals surface area contributed by atoms with Crippen molar-refractivity contribution in [3.63, 3.8) is 0 Å². The quantitative estimate of drug-likeness (QED) is 0.696. The molecule has 0 amide bonds. The Hall–Kier alpha value is -1.35. The lowest BCUT2D eigenvalue weighted by atomic mass is 10.0. The van der Waals surface area contributed by atoms with Crippen LogP contribution in [0.25, 0.3) is 0 Å². The number of aryl methyl sites for hydroxylation is 1. The Balaban J connectivity index is 2.42. The molecule has 0 radical (unpaired) electrons. The maximum absolute atomic E-state index is 11.6. The zero-order chi connectivity index (χ0) is 13.9. The summed E-state index contributed by atoms with van der Waals surface area (Å²) in [5.74, 6) is -0.107. The normalized spacial score (nSPS) is 12.1. The summed E-state index contributed by atoms with van der Waals surface area (Å²) in [6.45, 7) is 5.37. The molecule has 1 atom stereocenters. The van der Waals surface area contributed by atoms with Crippen LogP contribution in [0.3, 0.4) is 0 Å². The van der Waals surface area contributed by atoms with Gasteiger partial charge in [0.1, 0.15) is 0 Å². The van der Waals surface area contributed by atoms with Crippen molar-refractivity contribution in [2.75, 3.05) is 13.2 Å². The molecule has 0 fully saturated rings. The molecule has 0 aliphatic rings. The fourth-order valence-corrected chi connectivity index (χ4v) is 2.03. The molecule has 1 N–H and O–H groups in total. The SMILES string of the molecule is CCCNC(CCc1ccccc1)CC(=O)OCC. The minimum atomic E-state index is -0.107. The van der Waals surface area contributed by atoms with Gasteiger partial charge < -0.3 is 10.1 Å². The standard InChI is InChI=1S/C16H25NO2/c1-3-12-17-15(13-16(18)19-4-2)11-10-14-8-6-5-7-9-14/h5-9,15,17H,3-4,10-13H2,1-2H3. The van der Waals surface area contributed by atoms with Gasteiger partial charge in [-0.1, -0.05) is 37.3 Å². The first-order valence-corrected chi connectivity index (χ1v) is 7.19. The third-order valence-corrected chi connectivity index (χ3v) is 3.03. The second-order valence-electron chi connectivity index (χ2n) is 4.68. The number of rotatable bonds is 9. The molecule has 0 bridgehead atoms. The van der Waals surface area contributed by atoms with E-state index in [1.54, 1.807) is 0 Å². The summed E-state index contributed by atoms with van der Waals surface area (Å²) >= 11 is 0. The summed E-state index contributed by atoms with van der Waals surface area (Å²) in [5.41, 5.74) is 1.31. The van der Waals surface area contributed by atoms with Crippen molar-refractivity contribution < 1.29 is 9.53 Å². The van der Waals surface area contributed by atoms with E-state index in [1.807, 2.05) is 13.0 Å². The van der Waals surface area contributed by atoms with Crippen LogP contribution < -0.4 is 5.32 Å². The van der Waals surface area contributed by atoms with Gasteiger partial charge in [-0.15, -0.1) is 0 Å². The Kier molecular flexibility index (Phi) is 7.91. The van der Waals surface area contributed by atoms with Crippen LogP contribution in [0.1, 0.15) is 38.7 Å². The Morgan fingerprint density at radius 3 is 2.63 bits per heavy atom. The van der Waals surface area contributed by atoms with E-state index in [9.17, 15) is 4.79 Å². The molecule has 3 heteroatoms. The van der Waals surface area contributed by atoms with E-state index < -0.39 is 0 Å². The monoisotopic (exact) mass is 263 g/mol. The number of hydrogen-bond acceptors (Lipinski definition) is 3. The van der Waals surface area contributed by atoms with Crippen LogP contribution >= 0.6 is 0 Å². The molecule has 0 heterocycles. The van der Waals surface area contributed by atoms with Gasteiger partial charge in [-0.2, -0.15) is 0 Å². The van der Waals surface area contributed by atoms with E-state index in [4.69, 9.17) is 4.74 Å². The number of ether oxygens (including phenoxy) is 1. The number of esters is 1. The molecule has 0 aliphatic heterocycles. The maximum Gasteiger partial charge on any atom is 0.307 e. The van der Waals surface area contributed by atoms with E-state index in [0.717, 1.165) is 25.8 Å². The summed E-state index contributed by atoms with van der Waals surface area (Å²) in [6.07, 6.45) is 3.48. The average Bonchev–Trinajstić information content (AvgIpc) is 2.43. The summed E-state index contributed by atoms with van der Waals surface area (Å²) in [5, 5.41) is 3.43. The highest BCUT2D eigenvalue weighted by Crippen LogP contribution is 2.08. The van der Waals surface area contributed by atoms with E-state index in [2.05, 4.69) is 36.5 Å². The molecule has 1 rings (SSSR count). The molecule has 3 nitrogen and oxygen atoms in total. The van der Waals surface area contributed by atoms with Gasteiger partial charge in [0.2, 0.25) is 0 Å². The molecule has 0 saturated carbocycles. The molecular formula is C16H25NO2. The molecule has 0 aliphatic carbocycles. The van der Waals surface area contributed by atoms with Crippen LogP contribution in [0, 0.1) is 0 Å². The van der Waals surface area contributed by atoms with Gasteiger partial charge in [0.15, 0.2) is 0 Å². The molecule has 0 spiro atoms. The largest absolute Gasteiger partial charge is 0.466 e. The Labute approximate surface area is 116 Å². The predicted molar refractivity (Wildman–Crippen MR) is 78.1 cm³/mol. The Bertz CT molecular complexity index is 351. The highest BCUT2D eigenvalue weighted by Gasteiger charge is 2.13. The highest BCUT2D eigenvalue weighted by molar-refractivity contribution is 5.70. The van der Waals surface area contributed by atoms with Crippen molar-refractivity contribution in [3.8, 4) is 0 Å². The van der Waals surface area contributed by atoms with Crippen LogP contribution in [0.5, 0.6) is 0 Å². The topological polar surface area (TPSA) is 38.3 Å². The molecule has 1 unspecified atom stereocenters. The zero-order valence-corrected chi connectivity index (χ0v) is 12.0. The second kappa shape index (κ2) is 9.56. The molecular weight excluding hydrogens is 238 g/mol. The van der Waals surface area contributed by atoms with Crippen LogP contribution in [0.4, 0.5) is 0 Å². The molecule has 106 valence electrons. The lowest BCUT2D eigenvalue weighted by Crippen LogP contribution is -2.33. The number of benzene rings is 1. The number of nitrogens with one attached hydrogen (secondary N) is 1. The highest BCUT2D eigenvalue weighted by atomic mass is 16.5. The van der Waals surface area contributed by atoms with E-state index >= 15 is 0 Å². The molecule has 1 aromatic rings. The number of hydrogen-bond donors (Lipinski definition) is 1. The fourth-order valence-electron chi connectivity index (χ4n) is 2.03. The van der Waals surface area contributed by atoms with Gasteiger partial charge in [-0.3, -0.25) is 4.79 Å². The van der Waals surface area contributed by atoms with Crippen LogP contribution in [0.15, 0.2) is 30.3 Å². The van der Waals surface area contributed by atoms with Gasteiger partial charge in [-0.05, 0) is 38.3 Å². The van der Waals surface area contributed by atoms with Crippen LogP contribution in [-0.4, -0.2) is 25.2 Å². The number of carbonyl (C=O) groups is 1. The Morgan fingerprint density at radius 1 is 1.26 bits per heavy atom. The van der Waals surface area contributed by atoms with Crippen molar-refractivity contribution in [3.05, 3.63) is 35.9 Å². The van der Waals surface area contributed by atoms with E-state index in [0.29, 0.717) is 13.0 Å². The lowest BCUT2D eigenvalue weighted by molar-refractivity contribution is -0.143. The minimum absolute atomic E-state index is 0.107. The van der Waals surface area contributed by atoms with Gasteiger partial charge in [0.25, 0.3) is 0 Å². The van der Waals surface area contributed by atoms with Gasteiger partial charge in [0, 0.05) is 6.04 Å². The van der Waals surface area contributed by atoms with Gasteiger partial charge >= 0.3 is 5.97 Å². The first-order chi connectivity index (χ1) is 9.26. The second-order valence-corrected chi connectivity index (χ2v) is 4.68. The summed E-state index contributed by atoms with van der Waals surface area (Å²) < 4.78 is 5.03. The first-order valence-electron chi connectivity index (χ1n) is 7.19. The summed E-state index contributed by atoms with van der Waals surface area (Å²) in [7, 11) is 0. The molecule has 19 heavy (non-hydrogen) atoms. The van der Waals surface area contributed by atoms with Crippen molar-refractivity contribution in [2.45, 2.75) is 45.6 Å². The van der Waals surface area contributed by atoms with E-state index in [1.165, 1.54) is 5.56 Å². The maximum atomic E-state index is 11.6. The van der Waals surface area contributed by atoms with Crippen molar-refractivity contribution >= 4 is 5.97 Å². The zero-order valence-electron chi connectivity index (χ0n) is 12.0. The van der Waals surface area contributed by atoms with Gasteiger partial charge in [-0.25, -0.2) is 0 Å². The summed E-state index contributed by atoms with van der Waals surface area (Å²) in [4.78, 5) is 11.6. The summed E-state index contributed by atoms with van der Waals surface area (Å²) in [6, 6.07) is 10.6. The fraction of sp³-hybridized carbons (Fsp3) is 0.562. The lowest BCUT2D eigenvalue weighted by Gasteiger charge is -2.17. The van der Waals surface area contributed by atoms with E-state index in [-0.39, 0.29) is 12.0 Å². The molecule has 0 saturated heterocycles. The van der Waals surface area contributed by atoms with Crippen molar-refractivity contribution in [2.24, 2.45) is 0 Å².